The molecule has 0 bridgehead atoms. The number of benzene rings is 1. The summed E-state index contributed by atoms with van der Waals surface area (Å²) in [5.74, 6) is 0. The van der Waals surface area contributed by atoms with Crippen molar-refractivity contribution in [1.82, 2.24) is 9.38 Å². The standard InChI is InChI=1S/C12H11N3S/c13-6-10-7-15-11(8-16-12(15)14-10)9-4-2-1-3-5-9/h1-5,7-8H,6,13H2. The average molecular weight is 229 g/mol. The summed E-state index contributed by atoms with van der Waals surface area (Å²) in [4.78, 5) is 5.43. The van der Waals surface area contributed by atoms with Crippen LogP contribution in [0.1, 0.15) is 5.69 Å². The second kappa shape index (κ2) is 3.73. The van der Waals surface area contributed by atoms with Gasteiger partial charge in [-0.1, -0.05) is 30.3 Å². The van der Waals surface area contributed by atoms with E-state index in [-0.39, 0.29) is 0 Å². The maximum absolute atomic E-state index is 5.59. The zero-order valence-electron chi connectivity index (χ0n) is 8.63. The van der Waals surface area contributed by atoms with Crippen LogP contribution in [0.25, 0.3) is 16.2 Å². The van der Waals surface area contributed by atoms with E-state index in [1.54, 1.807) is 11.3 Å². The van der Waals surface area contributed by atoms with Crippen LogP contribution in [0, 0.1) is 0 Å². The lowest BCUT2D eigenvalue weighted by atomic mass is 10.2. The lowest BCUT2D eigenvalue weighted by Crippen LogP contribution is -1.95. The lowest BCUT2D eigenvalue weighted by molar-refractivity contribution is 1.02. The van der Waals surface area contributed by atoms with Gasteiger partial charge in [-0.25, -0.2) is 4.98 Å². The zero-order valence-corrected chi connectivity index (χ0v) is 9.45. The first-order valence-electron chi connectivity index (χ1n) is 5.09. The summed E-state index contributed by atoms with van der Waals surface area (Å²) in [5.41, 5.74) is 8.90. The van der Waals surface area contributed by atoms with E-state index in [1.807, 2.05) is 24.4 Å². The zero-order chi connectivity index (χ0) is 11.0. The molecule has 0 radical (unpaired) electrons. The minimum atomic E-state index is 0.489. The first-order valence-corrected chi connectivity index (χ1v) is 5.97. The Bertz CT molecular complexity index is 610. The molecule has 0 amide bonds. The van der Waals surface area contributed by atoms with Gasteiger partial charge in [0.05, 0.1) is 11.4 Å². The molecule has 0 saturated heterocycles. The number of hydrogen-bond acceptors (Lipinski definition) is 3. The van der Waals surface area contributed by atoms with Gasteiger partial charge in [-0.15, -0.1) is 11.3 Å². The van der Waals surface area contributed by atoms with Crippen LogP contribution in [0.2, 0.25) is 0 Å². The minimum Gasteiger partial charge on any atom is -0.325 e. The minimum absolute atomic E-state index is 0.489. The number of aromatic nitrogens is 2. The molecule has 1 aromatic carbocycles. The van der Waals surface area contributed by atoms with E-state index in [0.29, 0.717) is 6.54 Å². The number of nitrogens with two attached hydrogens (primary N) is 1. The number of rotatable bonds is 2. The Morgan fingerprint density at radius 1 is 1.25 bits per heavy atom. The highest BCUT2D eigenvalue weighted by Crippen LogP contribution is 2.25. The quantitative estimate of drug-likeness (QED) is 0.733. The van der Waals surface area contributed by atoms with Crippen LogP contribution in [0.15, 0.2) is 41.9 Å². The number of imidazole rings is 1. The summed E-state index contributed by atoms with van der Waals surface area (Å²) in [6, 6.07) is 10.3. The maximum Gasteiger partial charge on any atom is 0.194 e. The maximum atomic E-state index is 5.59. The van der Waals surface area contributed by atoms with Crippen molar-refractivity contribution in [2.24, 2.45) is 5.73 Å². The molecule has 3 nitrogen and oxygen atoms in total. The molecule has 3 rings (SSSR count). The van der Waals surface area contributed by atoms with Crippen LogP contribution in [0.4, 0.5) is 0 Å². The van der Waals surface area contributed by atoms with E-state index in [4.69, 9.17) is 5.73 Å². The van der Waals surface area contributed by atoms with Crippen LogP contribution in [-0.4, -0.2) is 9.38 Å². The predicted molar refractivity (Wildman–Crippen MR) is 66.4 cm³/mol. The summed E-state index contributed by atoms with van der Waals surface area (Å²) in [6.45, 7) is 0.489. The van der Waals surface area contributed by atoms with Crippen molar-refractivity contribution in [2.45, 2.75) is 6.54 Å². The van der Waals surface area contributed by atoms with Crippen LogP contribution in [0.5, 0.6) is 0 Å². The molecule has 0 fully saturated rings. The summed E-state index contributed by atoms with van der Waals surface area (Å²) in [6.07, 6.45) is 2.01. The fourth-order valence-corrected chi connectivity index (χ4v) is 2.65. The Hall–Kier alpha value is -1.65. The normalized spacial score (nSPS) is 11.1. The Morgan fingerprint density at radius 2 is 2.06 bits per heavy atom. The second-order valence-corrected chi connectivity index (χ2v) is 4.41. The largest absolute Gasteiger partial charge is 0.325 e. The number of hydrogen-bond donors (Lipinski definition) is 1. The molecule has 0 aliphatic carbocycles. The molecule has 0 spiro atoms. The molecular formula is C12H11N3S. The third-order valence-electron chi connectivity index (χ3n) is 2.54. The average Bonchev–Trinajstić information content (AvgIpc) is 2.88. The Morgan fingerprint density at radius 3 is 2.81 bits per heavy atom. The summed E-state index contributed by atoms with van der Waals surface area (Å²) in [7, 11) is 0. The van der Waals surface area contributed by atoms with Crippen molar-refractivity contribution in [1.29, 1.82) is 0 Å². The first-order chi connectivity index (χ1) is 7.88. The van der Waals surface area contributed by atoms with Gasteiger partial charge in [-0.05, 0) is 5.56 Å². The van der Waals surface area contributed by atoms with Gasteiger partial charge in [-0.2, -0.15) is 0 Å². The molecule has 0 aliphatic rings. The SMILES string of the molecule is NCc1cn2c(-c3ccccc3)csc2n1. The summed E-state index contributed by atoms with van der Waals surface area (Å²) < 4.78 is 2.10. The molecule has 0 saturated carbocycles. The van der Waals surface area contributed by atoms with Crippen molar-refractivity contribution < 1.29 is 0 Å². The van der Waals surface area contributed by atoms with Gasteiger partial charge < -0.3 is 5.73 Å². The van der Waals surface area contributed by atoms with Crippen LogP contribution < -0.4 is 5.73 Å². The second-order valence-electron chi connectivity index (χ2n) is 3.58. The van der Waals surface area contributed by atoms with Gasteiger partial charge in [0.25, 0.3) is 0 Å². The van der Waals surface area contributed by atoms with Gasteiger partial charge in [-0.3, -0.25) is 4.40 Å². The van der Waals surface area contributed by atoms with E-state index in [2.05, 4.69) is 26.9 Å². The van der Waals surface area contributed by atoms with Crippen LogP contribution in [0.3, 0.4) is 0 Å². The highest BCUT2D eigenvalue weighted by atomic mass is 32.1. The van der Waals surface area contributed by atoms with Crippen molar-refractivity contribution in [3.05, 3.63) is 47.6 Å². The highest BCUT2D eigenvalue weighted by Gasteiger charge is 2.08. The molecule has 16 heavy (non-hydrogen) atoms. The Kier molecular flexibility index (Phi) is 2.23. The monoisotopic (exact) mass is 229 g/mol. The molecule has 4 heteroatoms. The van der Waals surface area contributed by atoms with E-state index >= 15 is 0 Å². The molecule has 2 aromatic heterocycles. The molecule has 2 heterocycles. The summed E-state index contributed by atoms with van der Waals surface area (Å²) >= 11 is 1.64. The van der Waals surface area contributed by atoms with Crippen molar-refractivity contribution in [3.63, 3.8) is 0 Å². The Labute approximate surface area is 97.2 Å². The van der Waals surface area contributed by atoms with Gasteiger partial charge >= 0.3 is 0 Å². The summed E-state index contributed by atoms with van der Waals surface area (Å²) in [5, 5.41) is 2.12. The smallest absolute Gasteiger partial charge is 0.194 e. The van der Waals surface area contributed by atoms with E-state index in [0.717, 1.165) is 10.7 Å². The predicted octanol–water partition coefficient (Wildman–Crippen LogP) is 2.52. The molecule has 2 N–H and O–H groups in total. The molecule has 80 valence electrons. The van der Waals surface area contributed by atoms with Crippen LogP contribution in [-0.2, 0) is 6.54 Å². The van der Waals surface area contributed by atoms with Crippen molar-refractivity contribution >= 4 is 16.3 Å². The third kappa shape index (κ3) is 1.43. The fraction of sp³-hybridized carbons (Fsp3) is 0.0833. The first kappa shape index (κ1) is 9.57. The van der Waals surface area contributed by atoms with E-state index in [9.17, 15) is 0 Å². The highest BCUT2D eigenvalue weighted by molar-refractivity contribution is 7.15. The third-order valence-corrected chi connectivity index (χ3v) is 3.38. The van der Waals surface area contributed by atoms with Gasteiger partial charge in [0.2, 0.25) is 0 Å². The number of thiazole rings is 1. The fourth-order valence-electron chi connectivity index (χ4n) is 1.75. The lowest BCUT2D eigenvalue weighted by Gasteiger charge is -1.98. The Balaban J connectivity index is 2.20. The topological polar surface area (TPSA) is 43.3 Å². The van der Waals surface area contributed by atoms with E-state index in [1.165, 1.54) is 11.3 Å². The van der Waals surface area contributed by atoms with Gasteiger partial charge in [0.1, 0.15) is 0 Å². The molecule has 0 atom stereocenters. The van der Waals surface area contributed by atoms with E-state index < -0.39 is 0 Å². The number of nitrogens with zero attached hydrogens (tertiary/aromatic N) is 2. The number of fused-ring (bicyclic) bond motifs is 1. The van der Waals surface area contributed by atoms with Gasteiger partial charge in [0, 0.05) is 18.1 Å². The van der Waals surface area contributed by atoms with Crippen molar-refractivity contribution in [2.75, 3.05) is 0 Å². The van der Waals surface area contributed by atoms with Crippen LogP contribution >= 0.6 is 11.3 Å². The molecule has 0 unspecified atom stereocenters. The van der Waals surface area contributed by atoms with Crippen molar-refractivity contribution in [3.8, 4) is 11.3 Å². The van der Waals surface area contributed by atoms with Gasteiger partial charge in [0.15, 0.2) is 4.96 Å². The molecule has 3 aromatic rings. The molecule has 0 aliphatic heterocycles. The molecular weight excluding hydrogens is 218 g/mol.